The summed E-state index contributed by atoms with van der Waals surface area (Å²) in [5.74, 6) is 1.48. The average Bonchev–Trinajstić information content (AvgIpc) is 2.80. The molecular weight excluding hydrogens is 380 g/mol. The first-order valence-corrected chi connectivity index (χ1v) is 10.9. The van der Waals surface area contributed by atoms with Gasteiger partial charge in [0.1, 0.15) is 5.69 Å². The van der Waals surface area contributed by atoms with Crippen LogP contribution < -0.4 is 9.47 Å². The van der Waals surface area contributed by atoms with Crippen molar-refractivity contribution in [3.8, 4) is 11.5 Å². The van der Waals surface area contributed by atoms with Gasteiger partial charge < -0.3 is 14.4 Å². The van der Waals surface area contributed by atoms with Gasteiger partial charge in [-0.2, -0.15) is 10.2 Å². The maximum absolute atomic E-state index is 13.0. The van der Waals surface area contributed by atoms with Crippen LogP contribution in [0.3, 0.4) is 0 Å². The molecule has 30 heavy (non-hydrogen) atoms. The molecular formula is C23H30N4O3. The number of amides is 1. The topological polar surface area (TPSA) is 77.4 Å². The fourth-order valence-corrected chi connectivity index (χ4v) is 4.32. The molecule has 0 aromatic carbocycles. The van der Waals surface area contributed by atoms with Gasteiger partial charge in [-0.15, -0.1) is 0 Å². The number of likely N-dealkylation sites (tertiary alicyclic amines) is 1. The van der Waals surface area contributed by atoms with Crippen molar-refractivity contribution >= 4 is 5.91 Å². The molecule has 0 N–H and O–H groups in total. The lowest BCUT2D eigenvalue weighted by molar-refractivity contribution is 0.0705. The summed E-state index contributed by atoms with van der Waals surface area (Å²) < 4.78 is 11.6. The molecule has 0 atom stereocenters. The second-order valence-corrected chi connectivity index (χ2v) is 8.26. The van der Waals surface area contributed by atoms with E-state index in [-0.39, 0.29) is 12.0 Å². The molecule has 0 spiro atoms. The molecule has 7 heteroatoms. The third kappa shape index (κ3) is 4.71. The number of aryl methyl sites for hydroxylation is 1. The lowest BCUT2D eigenvalue weighted by Gasteiger charge is -2.31. The zero-order valence-electron chi connectivity index (χ0n) is 17.8. The van der Waals surface area contributed by atoms with Gasteiger partial charge in [0.2, 0.25) is 0 Å². The lowest BCUT2D eigenvalue weighted by Crippen LogP contribution is -2.38. The Bertz CT molecular complexity index is 857. The van der Waals surface area contributed by atoms with E-state index in [0.717, 1.165) is 37.1 Å². The van der Waals surface area contributed by atoms with Crippen molar-refractivity contribution in [2.24, 2.45) is 0 Å². The van der Waals surface area contributed by atoms with Gasteiger partial charge in [-0.1, -0.05) is 6.42 Å². The molecule has 1 amide bonds. The van der Waals surface area contributed by atoms with Crippen molar-refractivity contribution in [3.05, 3.63) is 41.5 Å². The summed E-state index contributed by atoms with van der Waals surface area (Å²) in [6.07, 6.45) is 9.38. The van der Waals surface area contributed by atoms with Crippen LogP contribution >= 0.6 is 0 Å². The summed E-state index contributed by atoms with van der Waals surface area (Å²) >= 11 is 0. The second-order valence-electron chi connectivity index (χ2n) is 8.26. The molecule has 2 aromatic rings. The number of aromatic nitrogens is 3. The van der Waals surface area contributed by atoms with Crippen molar-refractivity contribution in [1.82, 2.24) is 20.1 Å². The van der Waals surface area contributed by atoms with E-state index in [9.17, 15) is 4.79 Å². The Morgan fingerprint density at radius 2 is 1.80 bits per heavy atom. The lowest BCUT2D eigenvalue weighted by atomic mass is 9.93. The van der Waals surface area contributed by atoms with E-state index >= 15 is 0 Å². The Hall–Kier alpha value is -2.70. The number of piperidine rings is 1. The van der Waals surface area contributed by atoms with Crippen molar-refractivity contribution in [1.29, 1.82) is 0 Å². The number of hydrogen-bond donors (Lipinski definition) is 0. The maximum atomic E-state index is 13.0. The zero-order valence-corrected chi connectivity index (χ0v) is 17.8. The SMILES string of the molecule is COc1cc(C(=O)N2CCC(c3ccc(C)nn3)CC2)ncc1OC1CCCCC1. The van der Waals surface area contributed by atoms with Gasteiger partial charge >= 0.3 is 0 Å². The van der Waals surface area contributed by atoms with Crippen LogP contribution in [0.25, 0.3) is 0 Å². The minimum atomic E-state index is -0.0639. The number of ether oxygens (including phenoxy) is 2. The van der Waals surface area contributed by atoms with Crippen molar-refractivity contribution in [3.63, 3.8) is 0 Å². The number of carbonyl (C=O) groups is 1. The molecule has 1 aliphatic heterocycles. The van der Waals surface area contributed by atoms with Gasteiger partial charge in [0.15, 0.2) is 11.5 Å². The van der Waals surface area contributed by atoms with Crippen LogP contribution in [0.4, 0.5) is 0 Å². The smallest absolute Gasteiger partial charge is 0.272 e. The van der Waals surface area contributed by atoms with Gasteiger partial charge in [-0.3, -0.25) is 4.79 Å². The number of carbonyl (C=O) groups excluding carboxylic acids is 1. The van der Waals surface area contributed by atoms with Gasteiger partial charge in [-0.05, 0) is 57.6 Å². The normalized spacial score (nSPS) is 18.3. The fourth-order valence-electron chi connectivity index (χ4n) is 4.32. The van der Waals surface area contributed by atoms with Crippen LogP contribution in [0, 0.1) is 6.92 Å². The quantitative estimate of drug-likeness (QED) is 0.743. The van der Waals surface area contributed by atoms with Crippen molar-refractivity contribution in [2.75, 3.05) is 20.2 Å². The molecule has 2 aromatic heterocycles. The Morgan fingerprint density at radius 1 is 1.03 bits per heavy atom. The van der Waals surface area contributed by atoms with E-state index in [0.29, 0.717) is 36.2 Å². The number of nitrogens with zero attached hydrogens (tertiary/aromatic N) is 4. The number of rotatable bonds is 5. The van der Waals surface area contributed by atoms with Crippen LogP contribution in [0.2, 0.25) is 0 Å². The molecule has 2 aliphatic rings. The first kappa shape index (κ1) is 20.6. The van der Waals surface area contributed by atoms with E-state index in [4.69, 9.17) is 9.47 Å². The standard InChI is InChI=1S/C23H30N4O3/c1-16-8-9-19(26-25-16)17-10-12-27(13-11-17)23(28)20-14-21(29-2)22(15-24-20)30-18-6-4-3-5-7-18/h8-9,14-15,17-18H,3-7,10-13H2,1-2H3. The van der Waals surface area contributed by atoms with Gasteiger partial charge in [0.05, 0.1) is 30.8 Å². The summed E-state index contributed by atoms with van der Waals surface area (Å²) in [5, 5.41) is 8.47. The molecule has 0 bridgehead atoms. The highest BCUT2D eigenvalue weighted by atomic mass is 16.5. The minimum absolute atomic E-state index is 0.0639. The molecule has 0 unspecified atom stereocenters. The number of methoxy groups -OCH3 is 1. The third-order valence-corrected chi connectivity index (χ3v) is 6.14. The van der Waals surface area contributed by atoms with Crippen LogP contribution in [0.5, 0.6) is 11.5 Å². The first-order valence-electron chi connectivity index (χ1n) is 10.9. The third-order valence-electron chi connectivity index (χ3n) is 6.14. The van der Waals surface area contributed by atoms with Crippen molar-refractivity contribution < 1.29 is 14.3 Å². The fraction of sp³-hybridized carbons (Fsp3) is 0.565. The van der Waals surface area contributed by atoms with E-state index in [2.05, 4.69) is 15.2 Å². The molecule has 2 fully saturated rings. The summed E-state index contributed by atoms with van der Waals surface area (Å²) in [4.78, 5) is 19.3. The molecule has 160 valence electrons. The average molecular weight is 411 g/mol. The van der Waals surface area contributed by atoms with Crippen LogP contribution in [-0.2, 0) is 0 Å². The number of pyridine rings is 1. The van der Waals surface area contributed by atoms with Crippen LogP contribution in [0.1, 0.15) is 72.7 Å². The predicted molar refractivity (Wildman–Crippen MR) is 113 cm³/mol. The highest BCUT2D eigenvalue weighted by Gasteiger charge is 2.27. The van der Waals surface area contributed by atoms with Crippen LogP contribution in [-0.4, -0.2) is 52.3 Å². The van der Waals surface area contributed by atoms with E-state index in [1.807, 2.05) is 24.0 Å². The molecule has 7 nitrogen and oxygen atoms in total. The Morgan fingerprint density at radius 3 is 2.47 bits per heavy atom. The monoisotopic (exact) mass is 410 g/mol. The predicted octanol–water partition coefficient (Wildman–Crippen LogP) is 3.92. The molecule has 3 heterocycles. The Balaban J connectivity index is 1.39. The maximum Gasteiger partial charge on any atom is 0.272 e. The van der Waals surface area contributed by atoms with Gasteiger partial charge in [-0.25, -0.2) is 4.98 Å². The summed E-state index contributed by atoms with van der Waals surface area (Å²) in [5.41, 5.74) is 2.33. The molecule has 1 aliphatic carbocycles. The first-order chi connectivity index (χ1) is 14.6. The highest BCUT2D eigenvalue weighted by Crippen LogP contribution is 2.32. The van der Waals surface area contributed by atoms with E-state index < -0.39 is 0 Å². The Labute approximate surface area is 177 Å². The summed E-state index contributed by atoms with van der Waals surface area (Å²) in [7, 11) is 1.60. The van der Waals surface area contributed by atoms with Crippen LogP contribution in [0.15, 0.2) is 24.4 Å². The molecule has 1 saturated carbocycles. The number of hydrogen-bond acceptors (Lipinski definition) is 6. The van der Waals surface area contributed by atoms with E-state index in [1.54, 1.807) is 19.4 Å². The highest BCUT2D eigenvalue weighted by molar-refractivity contribution is 5.93. The second kappa shape index (κ2) is 9.41. The van der Waals surface area contributed by atoms with Gasteiger partial charge in [0, 0.05) is 25.1 Å². The minimum Gasteiger partial charge on any atom is -0.493 e. The van der Waals surface area contributed by atoms with E-state index in [1.165, 1.54) is 19.3 Å². The molecule has 1 saturated heterocycles. The largest absolute Gasteiger partial charge is 0.493 e. The van der Waals surface area contributed by atoms with Crippen molar-refractivity contribution in [2.45, 2.75) is 63.9 Å². The van der Waals surface area contributed by atoms with Gasteiger partial charge in [0.25, 0.3) is 5.91 Å². The molecule has 0 radical (unpaired) electrons. The Kier molecular flexibility index (Phi) is 6.45. The molecule has 4 rings (SSSR count). The summed E-state index contributed by atoms with van der Waals surface area (Å²) in [6.45, 7) is 3.30. The summed E-state index contributed by atoms with van der Waals surface area (Å²) in [6, 6.07) is 5.74. The zero-order chi connectivity index (χ0) is 20.9.